The minimum absolute atomic E-state index is 0.144. The number of benzene rings is 1. The third kappa shape index (κ3) is 4.20. The molecule has 0 amide bonds. The Bertz CT molecular complexity index is 544. The van der Waals surface area contributed by atoms with Gasteiger partial charge in [0.15, 0.2) is 6.10 Å². The summed E-state index contributed by atoms with van der Waals surface area (Å²) in [6.45, 7) is 0.330. The standard InChI is InChI=1S/C16H21NO6/c1-20-12-6-4-11(5-7-12)13-10-14(16(19)22-3)23-17(13)9-8-15(18)21-2/h4-7,13-14H,8-10H2,1-3H3/t13-,14?/m1/s1. The van der Waals surface area contributed by atoms with Crippen molar-refractivity contribution >= 4 is 11.9 Å². The first-order valence-electron chi connectivity index (χ1n) is 7.31. The van der Waals surface area contributed by atoms with Gasteiger partial charge in [0.25, 0.3) is 0 Å². The first-order chi connectivity index (χ1) is 11.1. The van der Waals surface area contributed by atoms with E-state index >= 15 is 0 Å². The number of carbonyl (C=O) groups excluding carboxylic acids is 2. The summed E-state index contributed by atoms with van der Waals surface area (Å²) in [6, 6.07) is 7.38. The fourth-order valence-corrected chi connectivity index (χ4v) is 2.51. The minimum Gasteiger partial charge on any atom is -0.497 e. The number of hydroxylamine groups is 2. The van der Waals surface area contributed by atoms with Crippen LogP contribution in [0.4, 0.5) is 0 Å². The average molecular weight is 323 g/mol. The van der Waals surface area contributed by atoms with Crippen molar-refractivity contribution in [3.63, 3.8) is 0 Å². The van der Waals surface area contributed by atoms with Gasteiger partial charge in [-0.2, -0.15) is 5.06 Å². The maximum Gasteiger partial charge on any atom is 0.337 e. The van der Waals surface area contributed by atoms with E-state index in [1.165, 1.54) is 14.2 Å². The predicted octanol–water partition coefficient (Wildman–Crippen LogP) is 1.48. The molecule has 1 saturated heterocycles. The number of ether oxygens (including phenoxy) is 3. The summed E-state index contributed by atoms with van der Waals surface area (Å²) < 4.78 is 14.5. The largest absolute Gasteiger partial charge is 0.497 e. The highest BCUT2D eigenvalue weighted by Crippen LogP contribution is 2.35. The van der Waals surface area contributed by atoms with Crippen LogP contribution in [0.5, 0.6) is 5.75 Å². The maximum atomic E-state index is 11.7. The molecule has 0 aliphatic carbocycles. The Morgan fingerprint density at radius 2 is 1.87 bits per heavy atom. The Morgan fingerprint density at radius 1 is 1.17 bits per heavy atom. The molecule has 0 radical (unpaired) electrons. The van der Waals surface area contributed by atoms with Gasteiger partial charge < -0.3 is 14.2 Å². The van der Waals surface area contributed by atoms with Gasteiger partial charge in [0.2, 0.25) is 0 Å². The van der Waals surface area contributed by atoms with Crippen LogP contribution < -0.4 is 4.74 Å². The molecule has 0 aromatic heterocycles. The smallest absolute Gasteiger partial charge is 0.337 e. The second-order valence-corrected chi connectivity index (χ2v) is 5.11. The molecule has 126 valence electrons. The van der Waals surface area contributed by atoms with Crippen molar-refractivity contribution in [2.45, 2.75) is 25.0 Å². The van der Waals surface area contributed by atoms with Crippen LogP contribution in [0.1, 0.15) is 24.4 Å². The van der Waals surface area contributed by atoms with E-state index in [1.54, 1.807) is 12.2 Å². The van der Waals surface area contributed by atoms with E-state index in [4.69, 9.17) is 14.3 Å². The van der Waals surface area contributed by atoms with Gasteiger partial charge in [-0.25, -0.2) is 4.79 Å². The van der Waals surface area contributed by atoms with Crippen LogP contribution in [0, 0.1) is 0 Å². The van der Waals surface area contributed by atoms with Crippen molar-refractivity contribution in [2.24, 2.45) is 0 Å². The Morgan fingerprint density at radius 3 is 2.43 bits per heavy atom. The molecule has 1 heterocycles. The highest BCUT2D eigenvalue weighted by Gasteiger charge is 2.39. The molecule has 7 nitrogen and oxygen atoms in total. The molecule has 23 heavy (non-hydrogen) atoms. The molecule has 1 aliphatic heterocycles. The molecule has 1 unspecified atom stereocenters. The van der Waals surface area contributed by atoms with E-state index in [-0.39, 0.29) is 18.4 Å². The fourth-order valence-electron chi connectivity index (χ4n) is 2.51. The lowest BCUT2D eigenvalue weighted by Crippen LogP contribution is -2.28. The number of esters is 2. The van der Waals surface area contributed by atoms with Gasteiger partial charge in [0.1, 0.15) is 5.75 Å². The third-order valence-corrected chi connectivity index (χ3v) is 3.78. The third-order valence-electron chi connectivity index (χ3n) is 3.78. The SMILES string of the molecule is COC(=O)CCN1OC(C(=O)OC)C[C@@H]1c1ccc(OC)cc1. The number of hydrogen-bond acceptors (Lipinski definition) is 7. The van der Waals surface area contributed by atoms with E-state index in [1.807, 2.05) is 24.3 Å². The summed E-state index contributed by atoms with van der Waals surface area (Å²) in [6.07, 6.45) is -0.0400. The first kappa shape index (κ1) is 17.2. The molecule has 2 atom stereocenters. The number of rotatable bonds is 6. The molecular formula is C16H21NO6. The van der Waals surface area contributed by atoms with Crippen LogP contribution in [0.3, 0.4) is 0 Å². The summed E-state index contributed by atoms with van der Waals surface area (Å²) in [4.78, 5) is 28.8. The van der Waals surface area contributed by atoms with Gasteiger partial charge in [0.05, 0.1) is 33.8 Å². The zero-order valence-corrected chi connectivity index (χ0v) is 13.5. The van der Waals surface area contributed by atoms with E-state index in [2.05, 4.69) is 4.74 Å². The van der Waals surface area contributed by atoms with Crippen LogP contribution in [-0.2, 0) is 23.9 Å². The molecule has 0 bridgehead atoms. The molecule has 0 N–H and O–H groups in total. The quantitative estimate of drug-likeness (QED) is 0.734. The predicted molar refractivity (Wildman–Crippen MR) is 80.6 cm³/mol. The van der Waals surface area contributed by atoms with Crippen molar-refractivity contribution in [3.05, 3.63) is 29.8 Å². The normalized spacial score (nSPS) is 21.0. The highest BCUT2D eigenvalue weighted by molar-refractivity contribution is 5.75. The molecular weight excluding hydrogens is 302 g/mol. The molecule has 1 fully saturated rings. The maximum absolute atomic E-state index is 11.7. The van der Waals surface area contributed by atoms with Crippen molar-refractivity contribution in [1.29, 1.82) is 0 Å². The van der Waals surface area contributed by atoms with Gasteiger partial charge in [-0.1, -0.05) is 12.1 Å². The lowest BCUT2D eigenvalue weighted by atomic mass is 10.0. The van der Waals surface area contributed by atoms with E-state index in [0.29, 0.717) is 13.0 Å². The van der Waals surface area contributed by atoms with Crippen LogP contribution in [0.2, 0.25) is 0 Å². The Kier molecular flexibility index (Phi) is 5.95. The molecule has 1 aromatic rings. The van der Waals surface area contributed by atoms with Gasteiger partial charge in [-0.3, -0.25) is 9.63 Å². The van der Waals surface area contributed by atoms with Gasteiger partial charge >= 0.3 is 11.9 Å². The van der Waals surface area contributed by atoms with E-state index in [0.717, 1.165) is 11.3 Å². The van der Waals surface area contributed by atoms with E-state index < -0.39 is 12.1 Å². The van der Waals surface area contributed by atoms with Crippen molar-refractivity contribution in [2.75, 3.05) is 27.9 Å². The summed E-state index contributed by atoms with van der Waals surface area (Å²) in [5.41, 5.74) is 0.974. The zero-order valence-electron chi connectivity index (χ0n) is 13.5. The molecule has 2 rings (SSSR count). The second-order valence-electron chi connectivity index (χ2n) is 5.11. The summed E-state index contributed by atoms with van der Waals surface area (Å²) in [5, 5.41) is 1.64. The van der Waals surface area contributed by atoms with Crippen LogP contribution in [-0.4, -0.2) is 51.0 Å². The average Bonchev–Trinajstić information content (AvgIpc) is 3.03. The monoisotopic (exact) mass is 323 g/mol. The second kappa shape index (κ2) is 7.94. The Labute approximate surface area is 135 Å². The van der Waals surface area contributed by atoms with Crippen LogP contribution in [0.15, 0.2) is 24.3 Å². The van der Waals surface area contributed by atoms with Crippen molar-refractivity contribution in [1.82, 2.24) is 5.06 Å². The number of nitrogens with zero attached hydrogens (tertiary/aromatic N) is 1. The minimum atomic E-state index is -0.676. The Balaban J connectivity index is 2.13. The van der Waals surface area contributed by atoms with Crippen molar-refractivity contribution in [3.8, 4) is 5.75 Å². The van der Waals surface area contributed by atoms with Crippen LogP contribution in [0.25, 0.3) is 0 Å². The zero-order chi connectivity index (χ0) is 16.8. The van der Waals surface area contributed by atoms with Crippen LogP contribution >= 0.6 is 0 Å². The highest BCUT2D eigenvalue weighted by atomic mass is 16.7. The molecule has 7 heteroatoms. The van der Waals surface area contributed by atoms with E-state index in [9.17, 15) is 9.59 Å². The molecule has 0 saturated carbocycles. The molecule has 1 aliphatic rings. The summed E-state index contributed by atoms with van der Waals surface area (Å²) in [5.74, 6) is -0.00836. The topological polar surface area (TPSA) is 74.3 Å². The molecule has 1 aromatic carbocycles. The van der Waals surface area contributed by atoms with Gasteiger partial charge in [-0.15, -0.1) is 0 Å². The number of methoxy groups -OCH3 is 3. The number of hydrogen-bond donors (Lipinski definition) is 0. The first-order valence-corrected chi connectivity index (χ1v) is 7.31. The Hall–Kier alpha value is -2.12. The fraction of sp³-hybridized carbons (Fsp3) is 0.500. The van der Waals surface area contributed by atoms with Gasteiger partial charge in [0, 0.05) is 13.0 Å². The number of carbonyl (C=O) groups is 2. The van der Waals surface area contributed by atoms with Crippen molar-refractivity contribution < 1.29 is 28.6 Å². The molecule has 0 spiro atoms. The lowest BCUT2D eigenvalue weighted by Gasteiger charge is -2.22. The summed E-state index contributed by atoms with van der Waals surface area (Å²) >= 11 is 0. The lowest BCUT2D eigenvalue weighted by molar-refractivity contribution is -0.189. The summed E-state index contributed by atoms with van der Waals surface area (Å²) in [7, 11) is 4.26. The van der Waals surface area contributed by atoms with Gasteiger partial charge in [-0.05, 0) is 17.7 Å².